The van der Waals surface area contributed by atoms with E-state index in [2.05, 4.69) is 89.8 Å². The summed E-state index contributed by atoms with van der Waals surface area (Å²) in [5, 5.41) is 0. The Morgan fingerprint density at radius 2 is 1.44 bits per heavy atom. The summed E-state index contributed by atoms with van der Waals surface area (Å²) in [6, 6.07) is 30.2. The predicted octanol–water partition coefficient (Wildman–Crippen LogP) is 5.12. The Hall–Kier alpha value is -2.87. The van der Waals surface area contributed by atoms with Crippen LogP contribution in [0.5, 0.6) is 0 Å². The molecule has 3 aromatic rings. The second kappa shape index (κ2) is 5.59. The van der Waals surface area contributed by atoms with Crippen molar-refractivity contribution in [3.63, 3.8) is 0 Å². The molecule has 1 unspecified atom stereocenters. The molecule has 0 saturated carbocycles. The van der Waals surface area contributed by atoms with E-state index in [1.807, 2.05) is 0 Å². The zero-order valence-electron chi connectivity index (χ0n) is 14.1. The molecule has 25 heavy (non-hydrogen) atoms. The fourth-order valence-electron chi connectivity index (χ4n) is 4.46. The molecule has 0 bridgehead atoms. The Kier molecular flexibility index (Phi) is 3.24. The van der Waals surface area contributed by atoms with Crippen molar-refractivity contribution in [3.05, 3.63) is 102 Å². The Morgan fingerprint density at radius 3 is 2.24 bits per heavy atom. The van der Waals surface area contributed by atoms with E-state index >= 15 is 0 Å². The molecule has 3 aromatic carbocycles. The number of benzene rings is 3. The lowest BCUT2D eigenvalue weighted by atomic mass is 9.78. The van der Waals surface area contributed by atoms with E-state index in [0.717, 1.165) is 24.5 Å². The van der Waals surface area contributed by atoms with Gasteiger partial charge in [0.1, 0.15) is 5.84 Å². The molecule has 2 heterocycles. The molecule has 2 aliphatic rings. The third-order valence-corrected chi connectivity index (χ3v) is 5.50. The van der Waals surface area contributed by atoms with Gasteiger partial charge < -0.3 is 4.90 Å². The largest absolute Gasteiger partial charge is 0.342 e. The molecule has 0 aromatic heterocycles. The van der Waals surface area contributed by atoms with E-state index in [-0.39, 0.29) is 5.54 Å². The van der Waals surface area contributed by atoms with Crippen molar-refractivity contribution in [3.8, 4) is 0 Å². The normalized spacial score (nSPS) is 21.4. The third kappa shape index (κ3) is 2.07. The summed E-state index contributed by atoms with van der Waals surface area (Å²) < 4.78 is 0. The molecule has 2 heteroatoms. The van der Waals surface area contributed by atoms with Crippen molar-refractivity contribution in [1.29, 1.82) is 0 Å². The number of amidine groups is 1. The highest BCUT2D eigenvalue weighted by atomic mass is 15.3. The van der Waals surface area contributed by atoms with E-state index in [9.17, 15) is 0 Å². The SMILES string of the molecule is c1ccc(C2=Nc3ccccc3C3(c4ccccc4)CCCN23)cc1. The first-order chi connectivity index (χ1) is 12.4. The number of hydrogen-bond donors (Lipinski definition) is 0. The molecule has 0 N–H and O–H groups in total. The molecule has 0 aliphatic carbocycles. The minimum atomic E-state index is -0.106. The zero-order chi connectivity index (χ0) is 16.7. The van der Waals surface area contributed by atoms with Gasteiger partial charge in [0.05, 0.1) is 11.2 Å². The fourth-order valence-corrected chi connectivity index (χ4v) is 4.46. The molecule has 2 aliphatic heterocycles. The van der Waals surface area contributed by atoms with E-state index in [1.165, 1.54) is 23.1 Å². The lowest BCUT2D eigenvalue weighted by molar-refractivity contribution is 0.284. The van der Waals surface area contributed by atoms with Gasteiger partial charge in [0.15, 0.2) is 0 Å². The van der Waals surface area contributed by atoms with Crippen LogP contribution in [0.25, 0.3) is 0 Å². The van der Waals surface area contributed by atoms with Gasteiger partial charge in [0.2, 0.25) is 0 Å². The Balaban J connectivity index is 1.80. The van der Waals surface area contributed by atoms with E-state index in [4.69, 9.17) is 4.99 Å². The summed E-state index contributed by atoms with van der Waals surface area (Å²) >= 11 is 0. The summed E-state index contributed by atoms with van der Waals surface area (Å²) in [5.74, 6) is 1.10. The molecule has 1 saturated heterocycles. The fraction of sp³-hybridized carbons (Fsp3) is 0.174. The zero-order valence-corrected chi connectivity index (χ0v) is 14.1. The topological polar surface area (TPSA) is 15.6 Å². The van der Waals surface area contributed by atoms with Crippen molar-refractivity contribution >= 4 is 11.5 Å². The van der Waals surface area contributed by atoms with Gasteiger partial charge >= 0.3 is 0 Å². The average molecular weight is 324 g/mol. The first-order valence-corrected chi connectivity index (χ1v) is 8.96. The van der Waals surface area contributed by atoms with Crippen molar-refractivity contribution < 1.29 is 0 Å². The van der Waals surface area contributed by atoms with Crippen LogP contribution in [0.1, 0.15) is 29.5 Å². The maximum Gasteiger partial charge on any atom is 0.137 e. The number of fused-ring (bicyclic) bond motifs is 3. The number of aliphatic imine (C=N–C) groups is 1. The molecule has 0 radical (unpaired) electrons. The molecule has 5 rings (SSSR count). The molecular formula is C23H20N2. The quantitative estimate of drug-likeness (QED) is 0.639. The van der Waals surface area contributed by atoms with Gasteiger partial charge in [-0.2, -0.15) is 0 Å². The van der Waals surface area contributed by atoms with Gasteiger partial charge in [0, 0.05) is 17.7 Å². The molecule has 0 spiro atoms. The number of para-hydroxylation sites is 1. The second-order valence-corrected chi connectivity index (χ2v) is 6.80. The minimum absolute atomic E-state index is 0.106. The van der Waals surface area contributed by atoms with Crippen LogP contribution >= 0.6 is 0 Å². The maximum atomic E-state index is 5.07. The van der Waals surface area contributed by atoms with Crippen LogP contribution in [0, 0.1) is 0 Å². The Labute approximate surface area is 148 Å². The van der Waals surface area contributed by atoms with Gasteiger partial charge in [-0.1, -0.05) is 78.9 Å². The van der Waals surface area contributed by atoms with Gasteiger partial charge in [-0.3, -0.25) is 0 Å². The van der Waals surface area contributed by atoms with Crippen LogP contribution in [0.4, 0.5) is 5.69 Å². The van der Waals surface area contributed by atoms with Crippen LogP contribution in [0.15, 0.2) is 89.9 Å². The van der Waals surface area contributed by atoms with Crippen molar-refractivity contribution in [1.82, 2.24) is 4.90 Å². The Morgan fingerprint density at radius 1 is 0.760 bits per heavy atom. The van der Waals surface area contributed by atoms with Crippen LogP contribution in [0.3, 0.4) is 0 Å². The summed E-state index contributed by atoms with van der Waals surface area (Å²) in [7, 11) is 0. The highest BCUT2D eigenvalue weighted by Gasteiger charge is 2.48. The lowest BCUT2D eigenvalue weighted by Crippen LogP contribution is -2.48. The first-order valence-electron chi connectivity index (χ1n) is 8.96. The van der Waals surface area contributed by atoms with E-state index in [1.54, 1.807) is 0 Å². The van der Waals surface area contributed by atoms with Crippen LogP contribution in [-0.4, -0.2) is 17.3 Å². The lowest BCUT2D eigenvalue weighted by Gasteiger charge is -2.45. The molecule has 0 amide bonds. The van der Waals surface area contributed by atoms with Gasteiger partial charge in [-0.15, -0.1) is 0 Å². The first kappa shape index (κ1) is 14.5. The molecular weight excluding hydrogens is 304 g/mol. The predicted molar refractivity (Wildman–Crippen MR) is 102 cm³/mol. The van der Waals surface area contributed by atoms with Gasteiger partial charge in [0.25, 0.3) is 0 Å². The van der Waals surface area contributed by atoms with Crippen LogP contribution < -0.4 is 0 Å². The highest BCUT2D eigenvalue weighted by Crippen LogP contribution is 2.51. The number of nitrogens with zero attached hydrogens (tertiary/aromatic N) is 2. The second-order valence-electron chi connectivity index (χ2n) is 6.80. The van der Waals surface area contributed by atoms with Crippen LogP contribution in [0.2, 0.25) is 0 Å². The van der Waals surface area contributed by atoms with Gasteiger partial charge in [-0.25, -0.2) is 4.99 Å². The number of hydrogen-bond acceptors (Lipinski definition) is 2. The van der Waals surface area contributed by atoms with Crippen molar-refractivity contribution in [2.75, 3.05) is 6.54 Å². The molecule has 122 valence electrons. The molecule has 1 fully saturated rings. The summed E-state index contributed by atoms with van der Waals surface area (Å²) in [6.07, 6.45) is 2.30. The molecule has 1 atom stereocenters. The highest BCUT2D eigenvalue weighted by molar-refractivity contribution is 6.03. The summed E-state index contributed by atoms with van der Waals surface area (Å²) in [5.41, 5.74) is 4.88. The average Bonchev–Trinajstić information content (AvgIpc) is 3.15. The minimum Gasteiger partial charge on any atom is -0.342 e. The Bertz CT molecular complexity index is 931. The van der Waals surface area contributed by atoms with E-state index < -0.39 is 0 Å². The van der Waals surface area contributed by atoms with Gasteiger partial charge in [-0.05, 0) is 24.5 Å². The summed E-state index contributed by atoms with van der Waals surface area (Å²) in [4.78, 5) is 7.60. The standard InChI is InChI=1S/C23H20N2/c1-3-10-18(11-4-1)22-24-21-15-8-7-14-20(21)23(16-9-17-25(22)23)19-12-5-2-6-13-19/h1-8,10-15H,9,16-17H2. The maximum absolute atomic E-state index is 5.07. The van der Waals surface area contributed by atoms with Crippen LogP contribution in [-0.2, 0) is 5.54 Å². The van der Waals surface area contributed by atoms with E-state index in [0.29, 0.717) is 0 Å². The monoisotopic (exact) mass is 324 g/mol. The summed E-state index contributed by atoms with van der Waals surface area (Å²) in [6.45, 7) is 1.04. The molecule has 2 nitrogen and oxygen atoms in total. The third-order valence-electron chi connectivity index (χ3n) is 5.50. The van der Waals surface area contributed by atoms with Crippen molar-refractivity contribution in [2.24, 2.45) is 4.99 Å². The number of rotatable bonds is 2. The van der Waals surface area contributed by atoms with Crippen molar-refractivity contribution in [2.45, 2.75) is 18.4 Å². The smallest absolute Gasteiger partial charge is 0.137 e.